The van der Waals surface area contributed by atoms with E-state index < -0.39 is 28.4 Å². The first-order valence-electron chi connectivity index (χ1n) is 9.44. The molecule has 1 N–H and O–H groups in total. The number of rotatable bonds is 9. The molecule has 0 aliphatic heterocycles. The summed E-state index contributed by atoms with van der Waals surface area (Å²) in [6.45, 7) is 3.31. The van der Waals surface area contributed by atoms with Crippen LogP contribution in [0.5, 0.6) is 0 Å². The first-order chi connectivity index (χ1) is 14.1. The highest BCUT2D eigenvalue weighted by molar-refractivity contribution is 7.92. The van der Waals surface area contributed by atoms with Crippen LogP contribution in [0.3, 0.4) is 0 Å². The van der Waals surface area contributed by atoms with Crippen LogP contribution in [0.2, 0.25) is 0 Å². The second-order valence-corrected chi connectivity index (χ2v) is 8.77. The third kappa shape index (κ3) is 6.55. The SMILES string of the molecule is CCN(CC(=O)NCc1ccc(F)cc1)C(=O)CN(c1ccccc1C)S(C)(=O)=O. The van der Waals surface area contributed by atoms with E-state index in [1.54, 1.807) is 50.2 Å². The molecule has 0 unspecified atom stereocenters. The molecule has 0 fully saturated rings. The average Bonchev–Trinajstić information content (AvgIpc) is 2.69. The van der Waals surface area contributed by atoms with E-state index in [4.69, 9.17) is 0 Å². The number of likely N-dealkylation sites (N-methyl/N-ethyl adjacent to an activating group) is 1. The maximum Gasteiger partial charge on any atom is 0.243 e. The molecule has 30 heavy (non-hydrogen) atoms. The van der Waals surface area contributed by atoms with Gasteiger partial charge < -0.3 is 10.2 Å². The fourth-order valence-corrected chi connectivity index (χ4v) is 3.76. The van der Waals surface area contributed by atoms with E-state index in [-0.39, 0.29) is 25.5 Å². The summed E-state index contributed by atoms with van der Waals surface area (Å²) in [6.07, 6.45) is 1.04. The van der Waals surface area contributed by atoms with Crippen molar-refractivity contribution in [2.75, 3.05) is 30.2 Å². The van der Waals surface area contributed by atoms with Crippen molar-refractivity contribution in [1.82, 2.24) is 10.2 Å². The average molecular weight is 436 g/mol. The van der Waals surface area contributed by atoms with Gasteiger partial charge in [0.1, 0.15) is 12.4 Å². The van der Waals surface area contributed by atoms with Crippen LogP contribution in [-0.2, 0) is 26.2 Å². The second-order valence-electron chi connectivity index (χ2n) is 6.87. The highest BCUT2D eigenvalue weighted by Crippen LogP contribution is 2.22. The van der Waals surface area contributed by atoms with Gasteiger partial charge in [-0.05, 0) is 43.2 Å². The van der Waals surface area contributed by atoms with E-state index >= 15 is 0 Å². The van der Waals surface area contributed by atoms with Gasteiger partial charge >= 0.3 is 0 Å². The first kappa shape index (κ1) is 23.3. The summed E-state index contributed by atoms with van der Waals surface area (Å²) >= 11 is 0. The van der Waals surface area contributed by atoms with Crippen molar-refractivity contribution in [2.45, 2.75) is 20.4 Å². The molecule has 0 spiro atoms. The first-order valence-corrected chi connectivity index (χ1v) is 11.3. The molecule has 2 rings (SSSR count). The van der Waals surface area contributed by atoms with Crippen LogP contribution in [0, 0.1) is 12.7 Å². The van der Waals surface area contributed by atoms with Crippen molar-refractivity contribution in [3.8, 4) is 0 Å². The fraction of sp³-hybridized carbons (Fsp3) is 0.333. The number of carbonyl (C=O) groups excluding carboxylic acids is 2. The Morgan fingerprint density at radius 1 is 1.03 bits per heavy atom. The summed E-state index contributed by atoms with van der Waals surface area (Å²) in [4.78, 5) is 26.3. The molecule has 0 aliphatic carbocycles. The van der Waals surface area contributed by atoms with Gasteiger partial charge in [-0.25, -0.2) is 12.8 Å². The van der Waals surface area contributed by atoms with Crippen LogP contribution >= 0.6 is 0 Å². The highest BCUT2D eigenvalue weighted by Gasteiger charge is 2.25. The van der Waals surface area contributed by atoms with Gasteiger partial charge in [0.2, 0.25) is 21.8 Å². The Kier molecular flexibility index (Phi) is 7.93. The number of hydrogen-bond acceptors (Lipinski definition) is 4. The van der Waals surface area contributed by atoms with Crippen LogP contribution in [-0.4, -0.2) is 51.0 Å². The van der Waals surface area contributed by atoms with Crippen molar-refractivity contribution < 1.29 is 22.4 Å². The predicted octanol–water partition coefficient (Wildman–Crippen LogP) is 2.07. The summed E-state index contributed by atoms with van der Waals surface area (Å²) in [5.41, 5.74) is 1.86. The smallest absolute Gasteiger partial charge is 0.243 e. The fourth-order valence-electron chi connectivity index (χ4n) is 2.86. The zero-order chi connectivity index (χ0) is 22.3. The Bertz CT molecular complexity index is 994. The molecule has 162 valence electrons. The number of aryl methyl sites for hydroxylation is 1. The Morgan fingerprint density at radius 3 is 2.23 bits per heavy atom. The third-order valence-electron chi connectivity index (χ3n) is 4.54. The summed E-state index contributed by atoms with van der Waals surface area (Å²) < 4.78 is 38.6. The Balaban J connectivity index is 2.04. The summed E-state index contributed by atoms with van der Waals surface area (Å²) in [7, 11) is -3.70. The van der Waals surface area contributed by atoms with Gasteiger partial charge in [0.25, 0.3) is 0 Å². The molecule has 7 nitrogen and oxygen atoms in total. The molecular weight excluding hydrogens is 409 g/mol. The molecule has 0 aromatic heterocycles. The number of hydrogen-bond donors (Lipinski definition) is 1. The normalized spacial score (nSPS) is 11.1. The van der Waals surface area contributed by atoms with Gasteiger partial charge in [0.15, 0.2) is 0 Å². The van der Waals surface area contributed by atoms with Crippen molar-refractivity contribution >= 4 is 27.5 Å². The standard InChI is InChI=1S/C21H26FN3O4S/c1-4-24(14-20(26)23-13-17-9-11-18(22)12-10-17)21(27)15-25(30(3,28)29)19-8-6-5-7-16(19)2/h5-12H,4,13-15H2,1-3H3,(H,23,26). The summed E-state index contributed by atoms with van der Waals surface area (Å²) in [5.74, 6) is -1.24. The van der Waals surface area contributed by atoms with E-state index in [0.29, 0.717) is 5.69 Å². The number of sulfonamides is 1. The predicted molar refractivity (Wildman–Crippen MR) is 114 cm³/mol. The molecule has 0 saturated carbocycles. The van der Waals surface area contributed by atoms with Crippen molar-refractivity contribution in [2.24, 2.45) is 0 Å². The van der Waals surface area contributed by atoms with Crippen molar-refractivity contribution in [3.63, 3.8) is 0 Å². The van der Waals surface area contributed by atoms with Crippen LogP contribution < -0.4 is 9.62 Å². The van der Waals surface area contributed by atoms with Crippen LogP contribution in [0.15, 0.2) is 48.5 Å². The zero-order valence-electron chi connectivity index (χ0n) is 17.3. The molecular formula is C21H26FN3O4S. The quantitative estimate of drug-likeness (QED) is 0.653. The lowest BCUT2D eigenvalue weighted by Crippen LogP contribution is -2.46. The van der Waals surface area contributed by atoms with Gasteiger partial charge in [-0.2, -0.15) is 0 Å². The van der Waals surface area contributed by atoms with E-state index in [1.165, 1.54) is 17.0 Å². The number of carbonyl (C=O) groups is 2. The summed E-state index contributed by atoms with van der Waals surface area (Å²) in [6, 6.07) is 12.6. The van der Waals surface area contributed by atoms with E-state index in [9.17, 15) is 22.4 Å². The maximum absolute atomic E-state index is 12.9. The number of nitrogens with one attached hydrogen (secondary N) is 1. The van der Waals surface area contributed by atoms with Gasteiger partial charge in [-0.1, -0.05) is 30.3 Å². The Morgan fingerprint density at radius 2 is 1.67 bits per heavy atom. The monoisotopic (exact) mass is 435 g/mol. The van der Waals surface area contributed by atoms with E-state index in [1.807, 2.05) is 0 Å². The maximum atomic E-state index is 12.9. The lowest BCUT2D eigenvalue weighted by atomic mass is 10.2. The van der Waals surface area contributed by atoms with Crippen molar-refractivity contribution in [1.29, 1.82) is 0 Å². The van der Waals surface area contributed by atoms with E-state index in [2.05, 4.69) is 5.32 Å². The van der Waals surface area contributed by atoms with Gasteiger partial charge in [-0.3, -0.25) is 13.9 Å². The minimum absolute atomic E-state index is 0.198. The van der Waals surface area contributed by atoms with E-state index in [0.717, 1.165) is 21.7 Å². The molecule has 2 aromatic rings. The number of para-hydroxylation sites is 1. The molecule has 9 heteroatoms. The molecule has 0 bridgehead atoms. The molecule has 0 aliphatic rings. The van der Waals surface area contributed by atoms with Gasteiger partial charge in [0.05, 0.1) is 18.5 Å². The number of anilines is 1. The van der Waals surface area contributed by atoms with Crippen LogP contribution in [0.4, 0.5) is 10.1 Å². The molecule has 0 radical (unpaired) electrons. The topological polar surface area (TPSA) is 86.8 Å². The Labute approximate surface area is 176 Å². The van der Waals surface area contributed by atoms with Crippen LogP contribution in [0.25, 0.3) is 0 Å². The summed E-state index contributed by atoms with van der Waals surface area (Å²) in [5, 5.41) is 2.68. The Hall–Kier alpha value is -2.94. The lowest BCUT2D eigenvalue weighted by Gasteiger charge is -2.27. The minimum atomic E-state index is -3.70. The number of amides is 2. The van der Waals surface area contributed by atoms with Crippen molar-refractivity contribution in [3.05, 3.63) is 65.5 Å². The number of nitrogens with zero attached hydrogens (tertiary/aromatic N) is 2. The lowest BCUT2D eigenvalue weighted by molar-refractivity contribution is -0.134. The number of benzene rings is 2. The van der Waals surface area contributed by atoms with Gasteiger partial charge in [0, 0.05) is 13.1 Å². The van der Waals surface area contributed by atoms with Crippen LogP contribution in [0.1, 0.15) is 18.1 Å². The molecule has 2 amide bonds. The zero-order valence-corrected chi connectivity index (χ0v) is 18.1. The molecule has 0 atom stereocenters. The highest BCUT2D eigenvalue weighted by atomic mass is 32.2. The molecule has 0 saturated heterocycles. The minimum Gasteiger partial charge on any atom is -0.350 e. The van der Waals surface area contributed by atoms with Gasteiger partial charge in [-0.15, -0.1) is 0 Å². The third-order valence-corrected chi connectivity index (χ3v) is 5.66. The molecule has 0 heterocycles. The second kappa shape index (κ2) is 10.2. The largest absolute Gasteiger partial charge is 0.350 e. The molecule has 2 aromatic carbocycles. The number of halogens is 1.